The minimum Gasteiger partial charge on any atom is -0.379 e. The van der Waals surface area contributed by atoms with Gasteiger partial charge >= 0.3 is 0 Å². The molecule has 6 heteroatoms. The lowest BCUT2D eigenvalue weighted by molar-refractivity contribution is 0.0130. The first-order valence-corrected chi connectivity index (χ1v) is 12.9. The lowest BCUT2D eigenvalue weighted by Gasteiger charge is -2.07. The summed E-state index contributed by atoms with van der Waals surface area (Å²) in [5, 5.41) is 0. The molecule has 0 aromatic carbocycles. The van der Waals surface area contributed by atoms with Gasteiger partial charge in [0, 0.05) is 26.4 Å². The van der Waals surface area contributed by atoms with Crippen molar-refractivity contribution in [3.8, 4) is 0 Å². The number of hydrogen-bond acceptors (Lipinski definition) is 6. The van der Waals surface area contributed by atoms with Gasteiger partial charge in [0.15, 0.2) is 0 Å². The van der Waals surface area contributed by atoms with Gasteiger partial charge in [-0.2, -0.15) is 0 Å². The highest BCUT2D eigenvalue weighted by molar-refractivity contribution is 4.46. The Kier molecular flexibility index (Phi) is 29.5. The van der Waals surface area contributed by atoms with Crippen LogP contribution in [0.15, 0.2) is 0 Å². The Labute approximate surface area is 192 Å². The van der Waals surface area contributed by atoms with Crippen molar-refractivity contribution in [2.24, 2.45) is 0 Å². The molecule has 0 spiro atoms. The quantitative estimate of drug-likeness (QED) is 0.149. The van der Waals surface area contributed by atoms with E-state index in [2.05, 4.69) is 13.8 Å². The van der Waals surface area contributed by atoms with Gasteiger partial charge in [-0.15, -0.1) is 0 Å². The van der Waals surface area contributed by atoms with E-state index in [4.69, 9.17) is 28.4 Å². The van der Waals surface area contributed by atoms with E-state index in [1.54, 1.807) is 0 Å². The number of unbranched alkanes of at least 4 members (excludes halogenated alkanes) is 8. The number of rotatable bonds is 28. The van der Waals surface area contributed by atoms with Crippen LogP contribution in [0.1, 0.15) is 84.5 Å². The fourth-order valence-electron chi connectivity index (χ4n) is 2.97. The topological polar surface area (TPSA) is 55.4 Å². The van der Waals surface area contributed by atoms with Crippen LogP contribution in [-0.2, 0) is 28.4 Å². The molecule has 0 saturated heterocycles. The van der Waals surface area contributed by atoms with Crippen LogP contribution >= 0.6 is 0 Å². The van der Waals surface area contributed by atoms with Gasteiger partial charge in [0.1, 0.15) is 0 Å². The molecule has 31 heavy (non-hydrogen) atoms. The predicted molar refractivity (Wildman–Crippen MR) is 127 cm³/mol. The molecule has 0 aromatic heterocycles. The van der Waals surface area contributed by atoms with Crippen molar-refractivity contribution in [1.82, 2.24) is 0 Å². The van der Waals surface area contributed by atoms with Gasteiger partial charge in [-0.25, -0.2) is 0 Å². The Morgan fingerprint density at radius 1 is 0.258 bits per heavy atom. The maximum atomic E-state index is 5.62. The van der Waals surface area contributed by atoms with Gasteiger partial charge < -0.3 is 28.4 Å². The Bertz CT molecular complexity index is 276. The summed E-state index contributed by atoms with van der Waals surface area (Å²) in [6.07, 6.45) is 13.4. The zero-order chi connectivity index (χ0) is 22.5. The minimum absolute atomic E-state index is 0.660. The average molecular weight is 449 g/mol. The number of ether oxygens (including phenoxy) is 6. The van der Waals surface area contributed by atoms with Crippen LogP contribution in [0.2, 0.25) is 0 Å². The molecule has 0 aliphatic rings. The highest BCUT2D eigenvalue weighted by atomic mass is 16.5. The van der Waals surface area contributed by atoms with E-state index in [1.807, 2.05) is 0 Å². The molecule has 0 bridgehead atoms. The molecule has 0 aromatic rings. The van der Waals surface area contributed by atoms with Gasteiger partial charge in [-0.3, -0.25) is 0 Å². The lowest BCUT2D eigenvalue weighted by atomic mass is 10.1. The van der Waals surface area contributed by atoms with Crippen molar-refractivity contribution in [2.45, 2.75) is 84.5 Å². The zero-order valence-electron chi connectivity index (χ0n) is 20.7. The SMILES string of the molecule is CCCCCCOCCOCCOCCCCCCCCOCCOCCOCCC. The van der Waals surface area contributed by atoms with E-state index in [1.165, 1.54) is 44.9 Å². The van der Waals surface area contributed by atoms with Crippen molar-refractivity contribution in [3.05, 3.63) is 0 Å². The standard InChI is InChI=1S/C25H52O6/c1-3-5-6-11-15-27-19-24-31-25-21-29-17-13-10-8-7-9-12-16-28-20-23-30-22-18-26-14-4-2/h3-25H2,1-2H3. The summed E-state index contributed by atoms with van der Waals surface area (Å²) < 4.78 is 33.1. The Hall–Kier alpha value is -0.240. The minimum atomic E-state index is 0.660. The lowest BCUT2D eigenvalue weighted by Crippen LogP contribution is -2.10. The molecule has 0 aliphatic heterocycles. The molecule has 0 amide bonds. The summed E-state index contributed by atoms with van der Waals surface area (Å²) in [6, 6.07) is 0. The maximum absolute atomic E-state index is 5.62. The second-order valence-corrected chi connectivity index (χ2v) is 7.86. The third-order valence-corrected chi connectivity index (χ3v) is 4.81. The van der Waals surface area contributed by atoms with Crippen LogP contribution in [0.25, 0.3) is 0 Å². The van der Waals surface area contributed by atoms with Gasteiger partial charge in [-0.1, -0.05) is 58.8 Å². The highest BCUT2D eigenvalue weighted by Gasteiger charge is 1.95. The molecule has 0 fully saturated rings. The van der Waals surface area contributed by atoms with Crippen molar-refractivity contribution in [2.75, 3.05) is 79.3 Å². The van der Waals surface area contributed by atoms with Crippen LogP contribution in [0.5, 0.6) is 0 Å². The second kappa shape index (κ2) is 29.8. The molecule has 0 aliphatic carbocycles. The first-order valence-electron chi connectivity index (χ1n) is 12.9. The monoisotopic (exact) mass is 448 g/mol. The van der Waals surface area contributed by atoms with E-state index in [0.29, 0.717) is 52.9 Å². The Balaban J connectivity index is 2.98. The summed E-state index contributed by atoms with van der Waals surface area (Å²) in [5.41, 5.74) is 0. The van der Waals surface area contributed by atoms with E-state index in [9.17, 15) is 0 Å². The molecule has 0 N–H and O–H groups in total. The van der Waals surface area contributed by atoms with Crippen LogP contribution < -0.4 is 0 Å². The van der Waals surface area contributed by atoms with Crippen LogP contribution in [0.4, 0.5) is 0 Å². The molecule has 6 nitrogen and oxygen atoms in total. The molecule has 0 unspecified atom stereocenters. The first-order chi connectivity index (χ1) is 15.4. The van der Waals surface area contributed by atoms with E-state index in [-0.39, 0.29) is 0 Å². The normalized spacial score (nSPS) is 11.4. The summed E-state index contributed by atoms with van der Waals surface area (Å²) in [5.74, 6) is 0. The highest BCUT2D eigenvalue weighted by Crippen LogP contribution is 2.05. The van der Waals surface area contributed by atoms with Crippen molar-refractivity contribution in [3.63, 3.8) is 0 Å². The Morgan fingerprint density at radius 3 is 0.903 bits per heavy atom. The van der Waals surface area contributed by atoms with E-state index < -0.39 is 0 Å². The van der Waals surface area contributed by atoms with Crippen molar-refractivity contribution < 1.29 is 28.4 Å². The summed E-state index contributed by atoms with van der Waals surface area (Å²) in [6.45, 7) is 13.1. The molecule has 0 heterocycles. The zero-order valence-corrected chi connectivity index (χ0v) is 20.7. The summed E-state index contributed by atoms with van der Waals surface area (Å²) in [4.78, 5) is 0. The molecule has 0 atom stereocenters. The largest absolute Gasteiger partial charge is 0.379 e. The molecule has 188 valence electrons. The van der Waals surface area contributed by atoms with E-state index >= 15 is 0 Å². The van der Waals surface area contributed by atoms with Crippen LogP contribution in [-0.4, -0.2) is 79.3 Å². The van der Waals surface area contributed by atoms with E-state index in [0.717, 1.165) is 52.1 Å². The van der Waals surface area contributed by atoms with Crippen LogP contribution in [0.3, 0.4) is 0 Å². The smallest absolute Gasteiger partial charge is 0.0701 e. The second-order valence-electron chi connectivity index (χ2n) is 7.86. The fourth-order valence-corrected chi connectivity index (χ4v) is 2.97. The van der Waals surface area contributed by atoms with Gasteiger partial charge in [0.2, 0.25) is 0 Å². The van der Waals surface area contributed by atoms with Gasteiger partial charge in [-0.05, 0) is 25.7 Å². The van der Waals surface area contributed by atoms with Crippen molar-refractivity contribution >= 4 is 0 Å². The Morgan fingerprint density at radius 2 is 0.548 bits per heavy atom. The third kappa shape index (κ3) is 29.8. The predicted octanol–water partition coefficient (Wildman–Crippen LogP) is 5.42. The molecule has 0 radical (unpaired) electrons. The summed E-state index contributed by atoms with van der Waals surface area (Å²) in [7, 11) is 0. The average Bonchev–Trinajstić information content (AvgIpc) is 2.78. The first kappa shape index (κ1) is 30.8. The number of hydrogen-bond donors (Lipinski definition) is 0. The fraction of sp³-hybridized carbons (Fsp3) is 1.00. The van der Waals surface area contributed by atoms with Gasteiger partial charge in [0.05, 0.1) is 52.9 Å². The molecular weight excluding hydrogens is 396 g/mol. The van der Waals surface area contributed by atoms with Crippen LogP contribution in [0, 0.1) is 0 Å². The molecular formula is C25H52O6. The third-order valence-electron chi connectivity index (χ3n) is 4.81. The molecule has 0 saturated carbocycles. The molecule has 0 rings (SSSR count). The van der Waals surface area contributed by atoms with Gasteiger partial charge in [0.25, 0.3) is 0 Å². The summed E-state index contributed by atoms with van der Waals surface area (Å²) >= 11 is 0. The van der Waals surface area contributed by atoms with Crippen molar-refractivity contribution in [1.29, 1.82) is 0 Å². The maximum Gasteiger partial charge on any atom is 0.0701 e.